The first kappa shape index (κ1) is 9.50. The average molecular weight is 289 g/mol. The van der Waals surface area contributed by atoms with Gasteiger partial charge in [-0.25, -0.2) is 0 Å². The van der Waals surface area contributed by atoms with Crippen molar-refractivity contribution in [1.29, 1.82) is 0 Å². The molecular weight excluding hydrogens is 282 g/mol. The standard InChI is InChI=1S/C8H7.2ClH.In/c1-2-8-6-4-3-5-7-8;;;/h1-7H;2*1H;/q;;;+2/p-2. The van der Waals surface area contributed by atoms with E-state index < -0.39 is 19.1 Å². The summed E-state index contributed by atoms with van der Waals surface area (Å²) < 4.78 is 1.94. The van der Waals surface area contributed by atoms with Gasteiger partial charge in [0.2, 0.25) is 0 Å². The monoisotopic (exact) mass is 288 g/mol. The van der Waals surface area contributed by atoms with Gasteiger partial charge in [0.15, 0.2) is 0 Å². The van der Waals surface area contributed by atoms with Crippen LogP contribution in [0.5, 0.6) is 0 Å². The molecule has 0 N–H and O–H groups in total. The Bertz CT molecular complexity index is 231. The van der Waals surface area contributed by atoms with E-state index in [1.54, 1.807) is 0 Å². The van der Waals surface area contributed by atoms with Crippen LogP contribution in [0.2, 0.25) is 0 Å². The first-order valence-corrected chi connectivity index (χ1v) is 13.6. The maximum atomic E-state index is 5.72. The van der Waals surface area contributed by atoms with Crippen molar-refractivity contribution in [2.75, 3.05) is 0 Å². The summed E-state index contributed by atoms with van der Waals surface area (Å²) in [5.41, 5.74) is 1.16. The third-order valence-corrected chi connectivity index (χ3v) is 4.57. The van der Waals surface area contributed by atoms with E-state index in [2.05, 4.69) is 0 Å². The molecule has 1 rings (SSSR count). The molecule has 11 heavy (non-hydrogen) atoms. The molecule has 1 aromatic rings. The van der Waals surface area contributed by atoms with Gasteiger partial charge in [-0.2, -0.15) is 0 Å². The molecule has 56 valence electrons. The second-order valence-corrected chi connectivity index (χ2v) is 12.9. The third kappa shape index (κ3) is 4.09. The first-order valence-electron chi connectivity index (χ1n) is 3.30. The Kier molecular flexibility index (Phi) is 4.43. The number of halogens is 2. The molecule has 0 aromatic heterocycles. The number of hydrogen-bond acceptors (Lipinski definition) is 0. The third-order valence-electron chi connectivity index (χ3n) is 1.23. The number of benzene rings is 1. The normalized spacial score (nSPS) is 10.4. The van der Waals surface area contributed by atoms with Crippen LogP contribution in [0.3, 0.4) is 0 Å². The molecule has 0 atom stereocenters. The summed E-state index contributed by atoms with van der Waals surface area (Å²) in [5.74, 6) is 0. The van der Waals surface area contributed by atoms with Gasteiger partial charge in [-0.3, -0.25) is 0 Å². The molecule has 0 aliphatic rings. The van der Waals surface area contributed by atoms with E-state index in [1.165, 1.54) is 0 Å². The molecule has 0 radical (unpaired) electrons. The van der Waals surface area contributed by atoms with Crippen molar-refractivity contribution in [2.24, 2.45) is 0 Å². The second-order valence-electron chi connectivity index (χ2n) is 2.10. The van der Waals surface area contributed by atoms with Crippen molar-refractivity contribution in [3.8, 4) is 0 Å². The number of hydrogen-bond donors (Lipinski definition) is 0. The molecule has 0 saturated carbocycles. The summed E-state index contributed by atoms with van der Waals surface area (Å²) in [6.45, 7) is 0. The molecule has 0 spiro atoms. The van der Waals surface area contributed by atoms with Gasteiger partial charge in [0.05, 0.1) is 0 Å². The molecule has 0 saturated heterocycles. The van der Waals surface area contributed by atoms with E-state index in [4.69, 9.17) is 17.2 Å². The average Bonchev–Trinajstić information content (AvgIpc) is 2.03. The molecule has 0 aliphatic heterocycles. The molecule has 0 unspecified atom stereocenters. The van der Waals surface area contributed by atoms with Crippen LogP contribution in [0.1, 0.15) is 5.56 Å². The van der Waals surface area contributed by atoms with Crippen LogP contribution in [0.15, 0.2) is 34.2 Å². The molecule has 0 heterocycles. The summed E-state index contributed by atoms with van der Waals surface area (Å²) in [6, 6.07) is 10.0. The van der Waals surface area contributed by atoms with Gasteiger partial charge in [0.1, 0.15) is 0 Å². The van der Waals surface area contributed by atoms with Crippen LogP contribution in [-0.4, -0.2) is 19.1 Å². The Morgan fingerprint density at radius 3 is 2.27 bits per heavy atom. The first-order chi connectivity index (χ1) is 5.29. The summed E-state index contributed by atoms with van der Waals surface area (Å²) in [6.07, 6.45) is 1.99. The molecular formula is C8H7Cl2In. The Morgan fingerprint density at radius 1 is 1.09 bits per heavy atom. The topological polar surface area (TPSA) is 0 Å². The van der Waals surface area contributed by atoms with Gasteiger partial charge in [-0.1, -0.05) is 0 Å². The van der Waals surface area contributed by atoms with Crippen molar-refractivity contribution in [3.05, 3.63) is 39.7 Å². The predicted octanol–water partition coefficient (Wildman–Crippen LogP) is 3.20. The van der Waals surface area contributed by atoms with Crippen molar-refractivity contribution < 1.29 is 0 Å². The summed E-state index contributed by atoms with van der Waals surface area (Å²) >= 11 is -2.17. The van der Waals surface area contributed by atoms with Crippen LogP contribution in [0.4, 0.5) is 0 Å². The predicted molar refractivity (Wildman–Crippen MR) is 52.9 cm³/mol. The van der Waals surface area contributed by atoms with Gasteiger partial charge in [0, 0.05) is 0 Å². The zero-order chi connectivity index (χ0) is 8.10. The molecule has 3 heteroatoms. The summed E-state index contributed by atoms with van der Waals surface area (Å²) in [4.78, 5) is 0. The van der Waals surface area contributed by atoms with Crippen LogP contribution >= 0.6 is 17.2 Å². The Hall–Kier alpha value is 0.410. The van der Waals surface area contributed by atoms with E-state index in [-0.39, 0.29) is 0 Å². The fourth-order valence-corrected chi connectivity index (χ4v) is 2.77. The van der Waals surface area contributed by atoms with E-state index in [9.17, 15) is 0 Å². The van der Waals surface area contributed by atoms with Crippen LogP contribution < -0.4 is 0 Å². The minimum atomic E-state index is -2.17. The van der Waals surface area contributed by atoms with Crippen LogP contribution in [-0.2, 0) is 0 Å². The van der Waals surface area contributed by atoms with Gasteiger partial charge in [0.25, 0.3) is 0 Å². The van der Waals surface area contributed by atoms with Crippen molar-refractivity contribution in [3.63, 3.8) is 0 Å². The van der Waals surface area contributed by atoms with E-state index in [0.717, 1.165) is 5.56 Å². The van der Waals surface area contributed by atoms with Gasteiger partial charge >= 0.3 is 82.0 Å². The van der Waals surface area contributed by atoms with Crippen molar-refractivity contribution >= 4 is 42.3 Å². The fourth-order valence-electron chi connectivity index (χ4n) is 0.748. The van der Waals surface area contributed by atoms with E-state index in [0.29, 0.717) is 0 Å². The Labute approximate surface area is 81.5 Å². The molecule has 0 aliphatic carbocycles. The Morgan fingerprint density at radius 2 is 1.73 bits per heavy atom. The van der Waals surface area contributed by atoms with Crippen LogP contribution in [0.25, 0.3) is 6.08 Å². The zero-order valence-electron chi connectivity index (χ0n) is 5.87. The van der Waals surface area contributed by atoms with Gasteiger partial charge in [-0.05, 0) is 0 Å². The SMILES string of the molecule is [Cl][In]([Cl])/[CH]=C/c1ccccc1. The van der Waals surface area contributed by atoms with Crippen molar-refractivity contribution in [2.45, 2.75) is 0 Å². The fraction of sp³-hybridized carbons (Fsp3) is 0. The molecule has 0 nitrogen and oxygen atoms in total. The van der Waals surface area contributed by atoms with Gasteiger partial charge in [-0.15, -0.1) is 0 Å². The summed E-state index contributed by atoms with van der Waals surface area (Å²) in [5, 5.41) is 0. The minimum absolute atomic E-state index is 1.16. The molecule has 0 amide bonds. The molecule has 0 fully saturated rings. The number of rotatable bonds is 2. The van der Waals surface area contributed by atoms with Gasteiger partial charge < -0.3 is 0 Å². The van der Waals surface area contributed by atoms with E-state index >= 15 is 0 Å². The Balaban J connectivity index is 2.65. The van der Waals surface area contributed by atoms with Crippen LogP contribution in [0, 0.1) is 0 Å². The van der Waals surface area contributed by atoms with E-state index in [1.807, 2.05) is 40.2 Å². The zero-order valence-corrected chi connectivity index (χ0v) is 10.7. The molecule has 1 aromatic carbocycles. The quantitative estimate of drug-likeness (QED) is 0.784. The molecule has 0 bridgehead atoms. The summed E-state index contributed by atoms with van der Waals surface area (Å²) in [7, 11) is 11.4. The maximum absolute atomic E-state index is 5.72. The van der Waals surface area contributed by atoms with Crippen molar-refractivity contribution in [1.82, 2.24) is 0 Å². The second kappa shape index (κ2) is 5.13.